The van der Waals surface area contributed by atoms with Crippen LogP contribution in [0.5, 0.6) is 0 Å². The Labute approximate surface area is 167 Å². The van der Waals surface area contributed by atoms with Crippen molar-refractivity contribution >= 4 is 22.8 Å². The third kappa shape index (κ3) is 3.91. The highest BCUT2D eigenvalue weighted by Gasteiger charge is 2.14. The largest absolute Gasteiger partial charge is 0.330 e. The second-order valence-electron chi connectivity index (χ2n) is 6.90. The monoisotopic (exact) mass is 387 g/mol. The molecule has 4 heterocycles. The fourth-order valence-electron chi connectivity index (χ4n) is 3.26. The maximum absolute atomic E-state index is 12.4. The lowest BCUT2D eigenvalue weighted by Gasteiger charge is -2.15. The van der Waals surface area contributed by atoms with E-state index in [4.69, 9.17) is 0 Å². The van der Waals surface area contributed by atoms with Gasteiger partial charge in [0.2, 0.25) is 0 Å². The molecule has 146 valence electrons. The first-order valence-corrected chi connectivity index (χ1v) is 9.27. The highest BCUT2D eigenvalue weighted by Crippen LogP contribution is 2.27. The van der Waals surface area contributed by atoms with E-state index in [9.17, 15) is 4.79 Å². The number of aromatic nitrogens is 5. The van der Waals surface area contributed by atoms with E-state index in [-0.39, 0.29) is 12.1 Å². The van der Waals surface area contributed by atoms with E-state index >= 15 is 0 Å². The van der Waals surface area contributed by atoms with Gasteiger partial charge in [0.05, 0.1) is 17.3 Å². The first-order valence-electron chi connectivity index (χ1n) is 9.27. The second kappa shape index (κ2) is 7.67. The predicted molar refractivity (Wildman–Crippen MR) is 111 cm³/mol. The van der Waals surface area contributed by atoms with Gasteiger partial charge >= 0.3 is 6.03 Å². The number of pyridine rings is 3. The van der Waals surface area contributed by atoms with Crippen LogP contribution in [0.2, 0.25) is 0 Å². The second-order valence-corrected chi connectivity index (χ2v) is 6.90. The number of rotatable bonds is 4. The maximum Gasteiger partial charge on any atom is 0.320 e. The van der Waals surface area contributed by atoms with Crippen molar-refractivity contribution in [1.82, 2.24) is 30.5 Å². The summed E-state index contributed by atoms with van der Waals surface area (Å²) < 4.78 is 0. The van der Waals surface area contributed by atoms with E-state index < -0.39 is 0 Å². The van der Waals surface area contributed by atoms with Gasteiger partial charge in [-0.2, -0.15) is 5.10 Å². The Kier molecular flexibility index (Phi) is 4.90. The number of aryl methyl sites for hydroxylation is 2. The van der Waals surface area contributed by atoms with E-state index in [1.165, 1.54) is 0 Å². The number of H-pyrrole nitrogens is 1. The lowest BCUT2D eigenvalue weighted by molar-refractivity contribution is 0.249. The molecule has 0 spiro atoms. The normalized spacial score (nSPS) is 12.0. The summed E-state index contributed by atoms with van der Waals surface area (Å²) in [6.45, 7) is 5.79. The van der Waals surface area contributed by atoms with Gasteiger partial charge in [0.1, 0.15) is 11.5 Å². The minimum absolute atomic E-state index is 0.228. The molecule has 4 aromatic rings. The van der Waals surface area contributed by atoms with Crippen LogP contribution >= 0.6 is 0 Å². The van der Waals surface area contributed by atoms with Crippen molar-refractivity contribution in [1.29, 1.82) is 0 Å². The molecule has 4 rings (SSSR count). The summed E-state index contributed by atoms with van der Waals surface area (Å²) in [4.78, 5) is 25.3. The summed E-state index contributed by atoms with van der Waals surface area (Å²) in [6, 6.07) is 8.90. The van der Waals surface area contributed by atoms with Gasteiger partial charge in [0.15, 0.2) is 0 Å². The fraction of sp³-hybridized carbons (Fsp3) is 0.190. The van der Waals surface area contributed by atoms with Crippen LogP contribution in [0.3, 0.4) is 0 Å². The van der Waals surface area contributed by atoms with Crippen molar-refractivity contribution < 1.29 is 4.79 Å². The quantitative estimate of drug-likeness (QED) is 0.492. The molecule has 0 aromatic carbocycles. The number of carbonyl (C=O) groups excluding carboxylic acids is 1. The molecule has 3 N–H and O–H groups in total. The zero-order valence-electron chi connectivity index (χ0n) is 16.4. The van der Waals surface area contributed by atoms with Gasteiger partial charge in [-0.15, -0.1) is 0 Å². The van der Waals surface area contributed by atoms with Crippen LogP contribution in [-0.4, -0.2) is 31.2 Å². The summed E-state index contributed by atoms with van der Waals surface area (Å²) in [7, 11) is 0. The molecular weight excluding hydrogens is 366 g/mol. The van der Waals surface area contributed by atoms with Crippen molar-refractivity contribution in [2.45, 2.75) is 26.8 Å². The highest BCUT2D eigenvalue weighted by molar-refractivity contribution is 5.95. The average Bonchev–Trinajstić information content (AvgIpc) is 3.11. The molecule has 29 heavy (non-hydrogen) atoms. The summed E-state index contributed by atoms with van der Waals surface area (Å²) in [5, 5.41) is 13.9. The Balaban J connectivity index is 1.50. The van der Waals surface area contributed by atoms with Crippen LogP contribution in [-0.2, 0) is 0 Å². The molecule has 8 nitrogen and oxygen atoms in total. The van der Waals surface area contributed by atoms with Crippen molar-refractivity contribution in [2.75, 3.05) is 5.32 Å². The van der Waals surface area contributed by atoms with Crippen molar-refractivity contribution in [3.8, 4) is 11.3 Å². The van der Waals surface area contributed by atoms with E-state index in [0.29, 0.717) is 5.82 Å². The highest BCUT2D eigenvalue weighted by atomic mass is 16.2. The topological polar surface area (TPSA) is 108 Å². The van der Waals surface area contributed by atoms with Gasteiger partial charge < -0.3 is 5.32 Å². The Morgan fingerprint density at radius 2 is 1.97 bits per heavy atom. The lowest BCUT2D eigenvalue weighted by atomic mass is 10.1. The standard InChI is InChI=1S/C21H21N7O/c1-12-5-4-7-23-19(12)14(3)25-21(29)26-18-10-17-16(11-24-18)20(28-27-17)15-6-8-22-13(2)9-15/h4-11,14H,1-3H3,(H,27,28)(H2,24,25,26,29). The number of nitrogens with one attached hydrogen (secondary N) is 3. The molecule has 0 aliphatic carbocycles. The zero-order chi connectivity index (χ0) is 20.4. The Morgan fingerprint density at radius 3 is 2.76 bits per heavy atom. The van der Waals surface area contributed by atoms with E-state index in [0.717, 1.165) is 39.1 Å². The van der Waals surface area contributed by atoms with Crippen LogP contribution in [0.4, 0.5) is 10.6 Å². The van der Waals surface area contributed by atoms with Crippen LogP contribution in [0.25, 0.3) is 22.2 Å². The number of aromatic amines is 1. The minimum Gasteiger partial charge on any atom is -0.330 e. The number of hydrogen-bond acceptors (Lipinski definition) is 5. The molecule has 0 saturated heterocycles. The number of anilines is 1. The van der Waals surface area contributed by atoms with Gasteiger partial charge in [-0.3, -0.25) is 20.4 Å². The van der Waals surface area contributed by atoms with Crippen LogP contribution in [0.1, 0.15) is 29.9 Å². The van der Waals surface area contributed by atoms with Crippen molar-refractivity contribution in [2.24, 2.45) is 0 Å². The van der Waals surface area contributed by atoms with Gasteiger partial charge in [0.25, 0.3) is 0 Å². The summed E-state index contributed by atoms with van der Waals surface area (Å²) in [5.74, 6) is 0.432. The summed E-state index contributed by atoms with van der Waals surface area (Å²) in [6.07, 6.45) is 5.17. The van der Waals surface area contributed by atoms with Crippen molar-refractivity contribution in [3.63, 3.8) is 0 Å². The molecule has 1 atom stereocenters. The Morgan fingerprint density at radius 1 is 1.10 bits per heavy atom. The predicted octanol–water partition coefficient (Wildman–Crippen LogP) is 3.91. The molecule has 4 aromatic heterocycles. The molecular formula is C21H21N7O. The molecule has 0 bridgehead atoms. The minimum atomic E-state index is -0.348. The molecule has 1 unspecified atom stereocenters. The Bertz CT molecular complexity index is 1180. The number of nitrogens with zero attached hydrogens (tertiary/aromatic N) is 4. The lowest BCUT2D eigenvalue weighted by Crippen LogP contribution is -2.32. The molecule has 0 aliphatic heterocycles. The molecule has 0 radical (unpaired) electrons. The van der Waals surface area contributed by atoms with Gasteiger partial charge in [-0.05, 0) is 44.5 Å². The van der Waals surface area contributed by atoms with Crippen LogP contribution in [0.15, 0.2) is 48.9 Å². The van der Waals surface area contributed by atoms with Crippen molar-refractivity contribution in [3.05, 3.63) is 65.9 Å². The smallest absolute Gasteiger partial charge is 0.320 e. The Hall–Kier alpha value is -3.81. The molecule has 0 saturated carbocycles. The first kappa shape index (κ1) is 18.5. The number of urea groups is 1. The number of fused-ring (bicyclic) bond motifs is 1. The van der Waals surface area contributed by atoms with Gasteiger partial charge in [-0.25, -0.2) is 9.78 Å². The van der Waals surface area contributed by atoms with Gasteiger partial charge in [0, 0.05) is 41.3 Å². The third-order valence-corrected chi connectivity index (χ3v) is 4.67. The van der Waals surface area contributed by atoms with E-state index in [2.05, 4.69) is 35.8 Å². The summed E-state index contributed by atoms with van der Waals surface area (Å²) >= 11 is 0. The SMILES string of the molecule is Cc1cc(-c2n[nH]c3cc(NC(=O)NC(C)c4ncccc4C)ncc23)ccn1. The summed E-state index contributed by atoms with van der Waals surface area (Å²) in [5.41, 5.74) is 5.32. The van der Waals surface area contributed by atoms with Crippen LogP contribution in [0, 0.1) is 13.8 Å². The molecule has 0 fully saturated rings. The van der Waals surface area contributed by atoms with E-state index in [1.54, 1.807) is 24.7 Å². The van der Waals surface area contributed by atoms with E-state index in [1.807, 2.05) is 45.0 Å². The first-order chi connectivity index (χ1) is 14.0. The molecule has 2 amide bonds. The number of amides is 2. The van der Waals surface area contributed by atoms with Crippen LogP contribution < -0.4 is 10.6 Å². The average molecular weight is 387 g/mol. The fourth-order valence-corrected chi connectivity index (χ4v) is 3.26. The number of hydrogen-bond donors (Lipinski definition) is 3. The maximum atomic E-state index is 12.4. The van der Waals surface area contributed by atoms with Gasteiger partial charge in [-0.1, -0.05) is 6.07 Å². The molecule has 0 aliphatic rings. The third-order valence-electron chi connectivity index (χ3n) is 4.67. The zero-order valence-corrected chi connectivity index (χ0v) is 16.4. The number of carbonyl (C=O) groups is 1. The molecule has 8 heteroatoms.